The highest BCUT2D eigenvalue weighted by molar-refractivity contribution is 7.99. The van der Waals surface area contributed by atoms with Crippen LogP contribution in [0.1, 0.15) is 13.3 Å². The molecule has 23 heavy (non-hydrogen) atoms. The largest absolute Gasteiger partial charge is 0.324 e. The van der Waals surface area contributed by atoms with Crippen molar-refractivity contribution in [1.29, 1.82) is 0 Å². The van der Waals surface area contributed by atoms with E-state index in [0.717, 1.165) is 0 Å². The van der Waals surface area contributed by atoms with Gasteiger partial charge in [-0.05, 0) is 29.5 Å². The van der Waals surface area contributed by atoms with Crippen LogP contribution in [0.15, 0.2) is 29.4 Å². The molecule has 9 heteroatoms. The molecule has 1 aliphatic rings. The maximum atomic E-state index is 12.7. The molecule has 3 rings (SSSR count). The van der Waals surface area contributed by atoms with Crippen molar-refractivity contribution in [3.05, 3.63) is 24.3 Å². The first-order valence-electron chi connectivity index (χ1n) is 7.12. The molecule has 0 bridgehead atoms. The predicted octanol–water partition coefficient (Wildman–Crippen LogP) is 1.07. The number of anilines is 2. The molecule has 0 saturated heterocycles. The maximum Gasteiger partial charge on any atom is 0.237 e. The zero-order chi connectivity index (χ0) is 16.4. The fourth-order valence-corrected chi connectivity index (χ4v) is 3.22. The molecule has 0 radical (unpaired) electrons. The Hall–Kier alpha value is -2.42. The lowest BCUT2D eigenvalue weighted by atomic mass is 10.2. The molecular formula is C14H16N6O2S. The van der Waals surface area contributed by atoms with Crippen LogP contribution in [0.3, 0.4) is 0 Å². The van der Waals surface area contributed by atoms with Gasteiger partial charge in [-0.1, -0.05) is 23.9 Å². The highest BCUT2D eigenvalue weighted by atomic mass is 32.2. The molecule has 0 aliphatic carbocycles. The van der Waals surface area contributed by atoms with E-state index < -0.39 is 0 Å². The van der Waals surface area contributed by atoms with Crippen molar-refractivity contribution in [3.63, 3.8) is 0 Å². The lowest BCUT2D eigenvalue weighted by Crippen LogP contribution is -2.40. The first-order valence-corrected chi connectivity index (χ1v) is 8.11. The Labute approximate surface area is 137 Å². The van der Waals surface area contributed by atoms with Crippen LogP contribution >= 0.6 is 11.8 Å². The number of tetrazole rings is 1. The smallest absolute Gasteiger partial charge is 0.237 e. The average molecular weight is 332 g/mol. The van der Waals surface area contributed by atoms with Gasteiger partial charge in [-0.15, -0.1) is 5.10 Å². The minimum atomic E-state index is -0.218. The SMILES string of the molecule is C[C@@H]1CC(=O)Nc2ccccc2N1C(=O)CSc1nnnn1C. The predicted molar refractivity (Wildman–Crippen MR) is 86.2 cm³/mol. The molecule has 1 N–H and O–H groups in total. The molecule has 2 heterocycles. The van der Waals surface area contributed by atoms with E-state index in [9.17, 15) is 9.59 Å². The molecule has 1 aliphatic heterocycles. The molecule has 1 atom stereocenters. The van der Waals surface area contributed by atoms with E-state index >= 15 is 0 Å². The van der Waals surface area contributed by atoms with Gasteiger partial charge >= 0.3 is 0 Å². The van der Waals surface area contributed by atoms with Gasteiger partial charge in [-0.25, -0.2) is 4.68 Å². The molecule has 8 nitrogen and oxygen atoms in total. The first kappa shape index (κ1) is 15.5. The van der Waals surface area contributed by atoms with Crippen molar-refractivity contribution in [2.45, 2.75) is 24.5 Å². The molecule has 2 aromatic rings. The van der Waals surface area contributed by atoms with E-state index in [1.54, 1.807) is 18.0 Å². The first-order chi connectivity index (χ1) is 11.1. The molecule has 0 saturated carbocycles. The summed E-state index contributed by atoms with van der Waals surface area (Å²) < 4.78 is 1.52. The van der Waals surface area contributed by atoms with Crippen molar-refractivity contribution in [2.24, 2.45) is 7.05 Å². The number of nitrogens with zero attached hydrogens (tertiary/aromatic N) is 5. The highest BCUT2D eigenvalue weighted by Crippen LogP contribution is 2.32. The average Bonchev–Trinajstić information content (AvgIpc) is 2.86. The highest BCUT2D eigenvalue weighted by Gasteiger charge is 2.29. The van der Waals surface area contributed by atoms with E-state index in [2.05, 4.69) is 20.8 Å². The molecule has 1 aromatic heterocycles. The number of rotatable bonds is 3. The van der Waals surface area contributed by atoms with Crippen LogP contribution in [0.5, 0.6) is 0 Å². The van der Waals surface area contributed by atoms with Gasteiger partial charge in [0, 0.05) is 19.5 Å². The van der Waals surface area contributed by atoms with Gasteiger partial charge in [0.15, 0.2) is 0 Å². The van der Waals surface area contributed by atoms with Gasteiger partial charge in [-0.2, -0.15) is 0 Å². The van der Waals surface area contributed by atoms with Crippen LogP contribution in [-0.4, -0.2) is 43.8 Å². The number of benzene rings is 1. The molecular weight excluding hydrogens is 316 g/mol. The zero-order valence-electron chi connectivity index (χ0n) is 12.8. The zero-order valence-corrected chi connectivity index (χ0v) is 13.6. The normalized spacial score (nSPS) is 17.4. The van der Waals surface area contributed by atoms with Crippen molar-refractivity contribution >= 4 is 35.0 Å². The molecule has 120 valence electrons. The number of aromatic nitrogens is 4. The standard InChI is InChI=1S/C14H16N6O2S/c1-9-7-12(21)15-10-5-3-4-6-11(10)20(9)13(22)8-23-14-16-17-18-19(14)2/h3-6,9H,7-8H2,1-2H3,(H,15,21)/t9-/m1/s1. The number of amides is 2. The second kappa shape index (κ2) is 6.37. The van der Waals surface area contributed by atoms with Crippen molar-refractivity contribution in [3.8, 4) is 0 Å². The summed E-state index contributed by atoms with van der Waals surface area (Å²) in [5, 5.41) is 14.6. The summed E-state index contributed by atoms with van der Waals surface area (Å²) in [7, 11) is 1.72. The third-order valence-corrected chi connectivity index (χ3v) is 4.53. The minimum absolute atomic E-state index is 0.0885. The van der Waals surface area contributed by atoms with Crippen molar-refractivity contribution in [2.75, 3.05) is 16.0 Å². The van der Waals surface area contributed by atoms with Crippen LogP contribution in [-0.2, 0) is 16.6 Å². The molecule has 1 aromatic carbocycles. The number of para-hydroxylation sites is 2. The van der Waals surface area contributed by atoms with Gasteiger partial charge in [0.2, 0.25) is 17.0 Å². The van der Waals surface area contributed by atoms with Crippen molar-refractivity contribution in [1.82, 2.24) is 20.2 Å². The van der Waals surface area contributed by atoms with Gasteiger partial charge < -0.3 is 10.2 Å². The van der Waals surface area contributed by atoms with E-state index in [4.69, 9.17) is 0 Å². The van der Waals surface area contributed by atoms with Crippen LogP contribution in [0.25, 0.3) is 0 Å². The number of carbonyl (C=O) groups excluding carboxylic acids is 2. The third-order valence-electron chi connectivity index (χ3n) is 3.53. The Morgan fingerprint density at radius 1 is 1.43 bits per heavy atom. The summed E-state index contributed by atoms with van der Waals surface area (Å²) in [4.78, 5) is 26.3. The van der Waals surface area contributed by atoms with Crippen molar-refractivity contribution < 1.29 is 9.59 Å². The topological polar surface area (TPSA) is 93.0 Å². The third kappa shape index (κ3) is 3.19. The Morgan fingerprint density at radius 2 is 2.22 bits per heavy atom. The molecule has 0 unspecified atom stereocenters. The lowest BCUT2D eigenvalue weighted by molar-refractivity contribution is -0.117. The summed E-state index contributed by atoms with van der Waals surface area (Å²) in [5.41, 5.74) is 1.37. The summed E-state index contributed by atoms with van der Waals surface area (Å²) >= 11 is 1.27. The Kier molecular flexibility index (Phi) is 4.28. The monoisotopic (exact) mass is 332 g/mol. The molecule has 2 amide bonds. The lowest BCUT2D eigenvalue weighted by Gasteiger charge is -2.27. The number of thioether (sulfide) groups is 1. The van der Waals surface area contributed by atoms with Crippen LogP contribution in [0.2, 0.25) is 0 Å². The summed E-state index contributed by atoms with van der Waals surface area (Å²) in [5.74, 6) is 0.0148. The fourth-order valence-electron chi connectivity index (χ4n) is 2.51. The minimum Gasteiger partial charge on any atom is -0.324 e. The van der Waals surface area contributed by atoms with Gasteiger partial charge in [0.25, 0.3) is 0 Å². The Balaban J connectivity index is 1.83. The van der Waals surface area contributed by atoms with Gasteiger partial charge in [-0.3, -0.25) is 9.59 Å². The number of hydrogen-bond acceptors (Lipinski definition) is 6. The van der Waals surface area contributed by atoms with Gasteiger partial charge in [0.1, 0.15) is 0 Å². The Bertz CT molecular complexity index is 746. The van der Waals surface area contributed by atoms with E-state index in [1.807, 2.05) is 25.1 Å². The summed E-state index contributed by atoms with van der Waals surface area (Å²) in [6.07, 6.45) is 0.261. The fraction of sp³-hybridized carbons (Fsp3) is 0.357. The summed E-state index contributed by atoms with van der Waals surface area (Å²) in [6, 6.07) is 7.10. The van der Waals surface area contributed by atoms with E-state index in [-0.39, 0.29) is 30.0 Å². The van der Waals surface area contributed by atoms with Crippen LogP contribution < -0.4 is 10.2 Å². The van der Waals surface area contributed by atoms with E-state index in [0.29, 0.717) is 16.5 Å². The number of hydrogen-bond donors (Lipinski definition) is 1. The quantitative estimate of drug-likeness (QED) is 0.845. The summed E-state index contributed by atoms with van der Waals surface area (Å²) in [6.45, 7) is 1.87. The number of carbonyl (C=O) groups is 2. The number of nitrogens with one attached hydrogen (secondary N) is 1. The van der Waals surface area contributed by atoms with Gasteiger partial charge in [0.05, 0.1) is 17.1 Å². The molecule has 0 fully saturated rings. The second-order valence-electron chi connectivity index (χ2n) is 5.26. The number of fused-ring (bicyclic) bond motifs is 1. The molecule has 0 spiro atoms. The Morgan fingerprint density at radius 3 is 2.96 bits per heavy atom. The van der Waals surface area contributed by atoms with Crippen LogP contribution in [0.4, 0.5) is 11.4 Å². The van der Waals surface area contributed by atoms with E-state index in [1.165, 1.54) is 16.4 Å². The number of aryl methyl sites for hydroxylation is 1. The van der Waals surface area contributed by atoms with Crippen LogP contribution in [0, 0.1) is 0 Å². The second-order valence-corrected chi connectivity index (χ2v) is 6.20. The maximum absolute atomic E-state index is 12.7.